The van der Waals surface area contributed by atoms with Gasteiger partial charge in [-0.15, -0.1) is 10.2 Å². The molecular weight excluding hydrogens is 447 g/mol. The van der Waals surface area contributed by atoms with E-state index in [2.05, 4.69) is 14.9 Å². The predicted octanol–water partition coefficient (Wildman–Crippen LogP) is 4.49. The Morgan fingerprint density at radius 1 is 0.938 bits per heavy atom. The molecule has 6 nitrogen and oxygen atoms in total. The van der Waals surface area contributed by atoms with Crippen molar-refractivity contribution in [1.82, 2.24) is 19.5 Å². The van der Waals surface area contributed by atoms with Gasteiger partial charge in [-0.05, 0) is 48.9 Å². The maximum atomic E-state index is 13.2. The van der Waals surface area contributed by atoms with Crippen molar-refractivity contribution < 1.29 is 12.8 Å². The maximum Gasteiger partial charge on any atom is 0.240 e. The van der Waals surface area contributed by atoms with Gasteiger partial charge in [-0.3, -0.25) is 4.57 Å². The standard InChI is InChI=1S/C23H21FN4O2S2/c1-17-7-13-20(14-8-17)28-22(15-25-32(29,30)21-5-3-2-4-6-21)26-27-23(28)31-16-18-9-11-19(24)12-10-18/h2-14,25H,15-16H2,1H3. The molecule has 0 fully saturated rings. The molecule has 1 aromatic heterocycles. The number of halogens is 1. The summed E-state index contributed by atoms with van der Waals surface area (Å²) in [5.41, 5.74) is 2.88. The van der Waals surface area contributed by atoms with Crippen LogP contribution in [0.2, 0.25) is 0 Å². The van der Waals surface area contributed by atoms with E-state index in [4.69, 9.17) is 0 Å². The van der Waals surface area contributed by atoms with Crippen LogP contribution in [0.25, 0.3) is 5.69 Å². The molecule has 0 aliphatic heterocycles. The summed E-state index contributed by atoms with van der Waals surface area (Å²) < 4.78 is 42.9. The molecule has 1 heterocycles. The van der Waals surface area contributed by atoms with Crippen LogP contribution >= 0.6 is 11.8 Å². The van der Waals surface area contributed by atoms with Gasteiger partial charge in [0.2, 0.25) is 10.0 Å². The first-order chi connectivity index (χ1) is 15.4. The smallest absolute Gasteiger partial charge is 0.240 e. The first-order valence-electron chi connectivity index (χ1n) is 9.86. The largest absolute Gasteiger partial charge is 0.273 e. The zero-order valence-electron chi connectivity index (χ0n) is 17.3. The van der Waals surface area contributed by atoms with E-state index in [1.54, 1.807) is 30.3 Å². The molecule has 164 valence electrons. The van der Waals surface area contributed by atoms with E-state index in [0.29, 0.717) is 16.7 Å². The van der Waals surface area contributed by atoms with Gasteiger partial charge in [0, 0.05) is 11.4 Å². The summed E-state index contributed by atoms with van der Waals surface area (Å²) in [6.07, 6.45) is 0. The summed E-state index contributed by atoms with van der Waals surface area (Å²) in [4.78, 5) is 0.187. The van der Waals surface area contributed by atoms with Crippen molar-refractivity contribution >= 4 is 21.8 Å². The predicted molar refractivity (Wildman–Crippen MR) is 123 cm³/mol. The van der Waals surface area contributed by atoms with E-state index in [1.807, 2.05) is 35.8 Å². The van der Waals surface area contributed by atoms with Crippen molar-refractivity contribution in [2.45, 2.75) is 29.3 Å². The normalized spacial score (nSPS) is 11.6. The second-order valence-corrected chi connectivity index (χ2v) is 9.83. The van der Waals surface area contributed by atoms with E-state index >= 15 is 0 Å². The van der Waals surface area contributed by atoms with E-state index < -0.39 is 10.0 Å². The van der Waals surface area contributed by atoms with Crippen LogP contribution in [-0.4, -0.2) is 23.2 Å². The minimum Gasteiger partial charge on any atom is -0.273 e. The average Bonchev–Trinajstić information content (AvgIpc) is 3.21. The highest BCUT2D eigenvalue weighted by atomic mass is 32.2. The molecule has 4 aromatic rings. The molecular formula is C23H21FN4O2S2. The number of thioether (sulfide) groups is 1. The summed E-state index contributed by atoms with van der Waals surface area (Å²) in [5, 5.41) is 9.15. The highest BCUT2D eigenvalue weighted by Gasteiger charge is 2.19. The molecule has 0 saturated carbocycles. The zero-order valence-corrected chi connectivity index (χ0v) is 18.9. The molecule has 0 bridgehead atoms. The molecule has 1 N–H and O–H groups in total. The van der Waals surface area contributed by atoms with Gasteiger partial charge < -0.3 is 0 Å². The minimum atomic E-state index is -3.69. The number of rotatable bonds is 8. The van der Waals surface area contributed by atoms with Gasteiger partial charge >= 0.3 is 0 Å². The third kappa shape index (κ3) is 5.24. The summed E-state index contributed by atoms with van der Waals surface area (Å²) in [7, 11) is -3.69. The first kappa shape index (κ1) is 22.2. The molecule has 0 unspecified atom stereocenters. The van der Waals surface area contributed by atoms with Crippen molar-refractivity contribution in [3.8, 4) is 5.69 Å². The molecule has 0 atom stereocenters. The van der Waals surface area contributed by atoms with Crippen LogP contribution in [0.5, 0.6) is 0 Å². The third-order valence-electron chi connectivity index (χ3n) is 4.75. The third-order valence-corrected chi connectivity index (χ3v) is 7.16. The molecule has 3 aromatic carbocycles. The lowest BCUT2D eigenvalue weighted by Crippen LogP contribution is -2.25. The number of sulfonamides is 1. The lowest BCUT2D eigenvalue weighted by Gasteiger charge is -2.12. The van der Waals surface area contributed by atoms with Gasteiger partial charge in [0.15, 0.2) is 11.0 Å². The van der Waals surface area contributed by atoms with Gasteiger partial charge in [0.1, 0.15) is 5.82 Å². The molecule has 0 saturated heterocycles. The van der Waals surface area contributed by atoms with Gasteiger partial charge in [-0.25, -0.2) is 17.5 Å². The maximum absolute atomic E-state index is 13.2. The molecule has 0 amide bonds. The monoisotopic (exact) mass is 468 g/mol. The number of benzene rings is 3. The molecule has 9 heteroatoms. The van der Waals surface area contributed by atoms with Crippen molar-refractivity contribution in [2.24, 2.45) is 0 Å². The van der Waals surface area contributed by atoms with E-state index in [9.17, 15) is 12.8 Å². The van der Waals surface area contributed by atoms with Crippen molar-refractivity contribution in [1.29, 1.82) is 0 Å². The van der Waals surface area contributed by atoms with E-state index in [0.717, 1.165) is 16.8 Å². The molecule has 0 aliphatic rings. The Hall–Kier alpha value is -3.01. The second kappa shape index (κ2) is 9.64. The first-order valence-corrected chi connectivity index (χ1v) is 12.3. The highest BCUT2D eigenvalue weighted by Crippen LogP contribution is 2.26. The fraction of sp³-hybridized carbons (Fsp3) is 0.130. The summed E-state index contributed by atoms with van der Waals surface area (Å²) >= 11 is 1.45. The number of aromatic nitrogens is 3. The molecule has 0 spiro atoms. The van der Waals surface area contributed by atoms with Crippen LogP contribution in [-0.2, 0) is 22.3 Å². The van der Waals surface area contributed by atoms with Gasteiger partial charge in [-0.1, -0.05) is 59.8 Å². The van der Waals surface area contributed by atoms with E-state index in [1.165, 1.54) is 36.0 Å². The van der Waals surface area contributed by atoms with Crippen LogP contribution in [0.1, 0.15) is 17.0 Å². The van der Waals surface area contributed by atoms with Gasteiger partial charge in [0.05, 0.1) is 11.4 Å². The highest BCUT2D eigenvalue weighted by molar-refractivity contribution is 7.98. The average molecular weight is 469 g/mol. The van der Waals surface area contributed by atoms with E-state index in [-0.39, 0.29) is 17.3 Å². The van der Waals surface area contributed by atoms with Crippen molar-refractivity contribution in [3.63, 3.8) is 0 Å². The molecule has 32 heavy (non-hydrogen) atoms. The van der Waals surface area contributed by atoms with Crippen LogP contribution in [0, 0.1) is 12.7 Å². The minimum absolute atomic E-state index is 0.0186. The Balaban J connectivity index is 1.60. The van der Waals surface area contributed by atoms with Crippen molar-refractivity contribution in [2.75, 3.05) is 0 Å². The number of hydrogen-bond acceptors (Lipinski definition) is 5. The zero-order chi connectivity index (χ0) is 22.6. The molecule has 4 rings (SSSR count). The Morgan fingerprint density at radius 2 is 1.62 bits per heavy atom. The number of nitrogens with zero attached hydrogens (tertiary/aromatic N) is 3. The summed E-state index contributed by atoms with van der Waals surface area (Å²) in [5.74, 6) is 0.754. The lowest BCUT2D eigenvalue weighted by atomic mass is 10.2. The molecule has 0 aliphatic carbocycles. The summed E-state index contributed by atoms with van der Waals surface area (Å²) in [6.45, 7) is 1.98. The second-order valence-electron chi connectivity index (χ2n) is 7.12. The fourth-order valence-electron chi connectivity index (χ4n) is 3.03. The SMILES string of the molecule is Cc1ccc(-n2c(CNS(=O)(=O)c3ccccc3)nnc2SCc2ccc(F)cc2)cc1. The van der Waals surface area contributed by atoms with Crippen molar-refractivity contribution in [3.05, 3.63) is 102 Å². The Bertz CT molecular complexity index is 1290. The van der Waals surface area contributed by atoms with Crippen LogP contribution in [0.4, 0.5) is 4.39 Å². The molecule has 0 radical (unpaired) electrons. The van der Waals surface area contributed by atoms with Gasteiger partial charge in [-0.2, -0.15) is 0 Å². The summed E-state index contributed by atoms with van der Waals surface area (Å²) in [6, 6.07) is 22.3. The van der Waals surface area contributed by atoms with Crippen LogP contribution in [0.3, 0.4) is 0 Å². The van der Waals surface area contributed by atoms with Crippen LogP contribution in [0.15, 0.2) is 88.9 Å². The number of hydrogen-bond donors (Lipinski definition) is 1. The Morgan fingerprint density at radius 3 is 2.31 bits per heavy atom. The Labute approximate surface area is 190 Å². The fourth-order valence-corrected chi connectivity index (χ4v) is 4.96. The quantitative estimate of drug-likeness (QED) is 0.386. The van der Waals surface area contributed by atoms with Crippen LogP contribution < -0.4 is 4.72 Å². The number of nitrogens with one attached hydrogen (secondary N) is 1. The topological polar surface area (TPSA) is 76.9 Å². The lowest BCUT2D eigenvalue weighted by molar-refractivity contribution is 0.578. The van der Waals surface area contributed by atoms with Gasteiger partial charge in [0.25, 0.3) is 0 Å². The number of aryl methyl sites for hydroxylation is 1. The Kier molecular flexibility index (Phi) is 6.69.